The van der Waals surface area contributed by atoms with E-state index in [1.54, 1.807) is 14.2 Å². The molecule has 0 saturated carbocycles. The summed E-state index contributed by atoms with van der Waals surface area (Å²) in [5, 5.41) is 4.99. The maximum Gasteiger partial charge on any atom is 0.119 e. The number of hydrogen-bond donors (Lipinski definition) is 0. The first-order chi connectivity index (χ1) is 15.2. The second-order valence-corrected chi connectivity index (χ2v) is 6.95. The number of ether oxygens (including phenoxy) is 2. The molecule has 0 bridgehead atoms. The van der Waals surface area contributed by atoms with Gasteiger partial charge in [-0.25, -0.2) is 0 Å². The standard InChI is InChI=1S/C25H24O2.2C2H6/c1-26-24-12-10-20-14-18(6-8-22(20)16-24)4-3-5-19-7-9-23-17-25(27-2)13-11-21(23)15-19;2*1-2/h6-17H,3-5H2,1-2H3;2*1-2H3. The van der Waals surface area contributed by atoms with Crippen molar-refractivity contribution in [3.63, 3.8) is 0 Å². The number of fused-ring (bicyclic) bond motifs is 2. The average molecular weight is 417 g/mol. The fraction of sp³-hybridized carbons (Fsp3) is 0.310. The molecule has 0 fully saturated rings. The number of benzene rings is 4. The van der Waals surface area contributed by atoms with Gasteiger partial charge in [0.25, 0.3) is 0 Å². The second-order valence-electron chi connectivity index (χ2n) is 6.95. The van der Waals surface area contributed by atoms with Crippen LogP contribution in [0.3, 0.4) is 0 Å². The Bertz CT molecular complexity index is 995. The summed E-state index contributed by atoms with van der Waals surface area (Å²) < 4.78 is 10.6. The van der Waals surface area contributed by atoms with Crippen molar-refractivity contribution in [1.29, 1.82) is 0 Å². The molecule has 0 atom stereocenters. The zero-order chi connectivity index (χ0) is 22.6. The summed E-state index contributed by atoms with van der Waals surface area (Å²) in [6.07, 6.45) is 3.31. The van der Waals surface area contributed by atoms with Crippen molar-refractivity contribution < 1.29 is 9.47 Å². The minimum absolute atomic E-state index is 0.907. The summed E-state index contributed by atoms with van der Waals surface area (Å²) in [5.41, 5.74) is 2.77. The van der Waals surface area contributed by atoms with Crippen molar-refractivity contribution in [2.75, 3.05) is 14.2 Å². The van der Waals surface area contributed by atoms with Crippen LogP contribution in [0.2, 0.25) is 0 Å². The van der Waals surface area contributed by atoms with Crippen LogP contribution in [-0.2, 0) is 12.8 Å². The fourth-order valence-electron chi connectivity index (χ4n) is 3.61. The topological polar surface area (TPSA) is 18.5 Å². The Morgan fingerprint density at radius 3 is 1.23 bits per heavy atom. The molecule has 0 spiro atoms. The molecule has 0 N–H and O–H groups in total. The summed E-state index contributed by atoms with van der Waals surface area (Å²) in [6, 6.07) is 25.9. The summed E-state index contributed by atoms with van der Waals surface area (Å²) in [7, 11) is 3.41. The highest BCUT2D eigenvalue weighted by atomic mass is 16.5. The third-order valence-corrected chi connectivity index (χ3v) is 5.15. The zero-order valence-electron chi connectivity index (χ0n) is 19.9. The molecule has 0 aromatic heterocycles. The number of rotatable bonds is 6. The molecule has 0 amide bonds. The molecule has 4 aromatic carbocycles. The van der Waals surface area contributed by atoms with Crippen LogP contribution in [0.15, 0.2) is 72.8 Å². The Hall–Kier alpha value is -3.00. The fourth-order valence-corrected chi connectivity index (χ4v) is 3.61. The van der Waals surface area contributed by atoms with E-state index in [1.807, 2.05) is 39.8 Å². The number of methoxy groups -OCH3 is 2. The monoisotopic (exact) mass is 416 g/mol. The lowest BCUT2D eigenvalue weighted by molar-refractivity contribution is 0.415. The van der Waals surface area contributed by atoms with Gasteiger partial charge in [-0.3, -0.25) is 0 Å². The molecule has 2 heteroatoms. The largest absolute Gasteiger partial charge is 0.497 e. The van der Waals surface area contributed by atoms with Gasteiger partial charge in [0.15, 0.2) is 0 Å². The summed E-state index contributed by atoms with van der Waals surface area (Å²) >= 11 is 0. The highest BCUT2D eigenvalue weighted by Gasteiger charge is 2.02. The molecule has 0 radical (unpaired) electrons. The number of aryl methyl sites for hydroxylation is 2. The molecule has 4 aromatic rings. The maximum absolute atomic E-state index is 5.30. The highest BCUT2D eigenvalue weighted by molar-refractivity contribution is 5.85. The van der Waals surface area contributed by atoms with E-state index in [0.717, 1.165) is 30.8 Å². The molecular formula is C29H36O2. The van der Waals surface area contributed by atoms with Crippen molar-refractivity contribution in [2.45, 2.75) is 47.0 Å². The predicted octanol–water partition coefficient (Wildman–Crippen LogP) is 8.24. The van der Waals surface area contributed by atoms with Crippen LogP contribution in [0.5, 0.6) is 11.5 Å². The van der Waals surface area contributed by atoms with Gasteiger partial charge in [-0.2, -0.15) is 0 Å². The normalized spacial score (nSPS) is 10.0. The van der Waals surface area contributed by atoms with Gasteiger partial charge >= 0.3 is 0 Å². The molecule has 0 aliphatic heterocycles. The van der Waals surface area contributed by atoms with Gasteiger partial charge in [-0.1, -0.05) is 76.2 Å². The van der Waals surface area contributed by atoms with Crippen LogP contribution >= 0.6 is 0 Å². The Balaban J connectivity index is 0.000000807. The van der Waals surface area contributed by atoms with Crippen LogP contribution < -0.4 is 9.47 Å². The summed E-state index contributed by atoms with van der Waals surface area (Å²) in [4.78, 5) is 0. The van der Waals surface area contributed by atoms with E-state index in [-0.39, 0.29) is 0 Å². The van der Waals surface area contributed by atoms with Crippen molar-refractivity contribution in [3.05, 3.63) is 83.9 Å². The van der Waals surface area contributed by atoms with Gasteiger partial charge in [0.1, 0.15) is 11.5 Å². The second kappa shape index (κ2) is 12.6. The minimum atomic E-state index is 0.907. The first kappa shape index (κ1) is 24.3. The lowest BCUT2D eigenvalue weighted by Gasteiger charge is -2.07. The van der Waals surface area contributed by atoms with E-state index >= 15 is 0 Å². The Morgan fingerprint density at radius 1 is 0.484 bits per heavy atom. The average Bonchev–Trinajstić information content (AvgIpc) is 2.85. The van der Waals surface area contributed by atoms with Crippen molar-refractivity contribution in [2.24, 2.45) is 0 Å². The Kier molecular flexibility index (Phi) is 9.90. The van der Waals surface area contributed by atoms with Crippen LogP contribution in [0.25, 0.3) is 21.5 Å². The Morgan fingerprint density at radius 2 is 0.839 bits per heavy atom. The van der Waals surface area contributed by atoms with Gasteiger partial charge in [-0.15, -0.1) is 0 Å². The molecule has 164 valence electrons. The summed E-state index contributed by atoms with van der Waals surface area (Å²) in [5.74, 6) is 1.81. The third kappa shape index (κ3) is 6.49. The van der Waals surface area contributed by atoms with Gasteiger partial charge in [0, 0.05) is 0 Å². The van der Waals surface area contributed by atoms with E-state index in [1.165, 1.54) is 32.7 Å². The lowest BCUT2D eigenvalue weighted by Crippen LogP contribution is -1.91. The molecule has 31 heavy (non-hydrogen) atoms. The molecule has 0 aliphatic carbocycles. The van der Waals surface area contributed by atoms with Gasteiger partial charge in [0.2, 0.25) is 0 Å². The predicted molar refractivity (Wildman–Crippen MR) is 136 cm³/mol. The molecule has 0 saturated heterocycles. The minimum Gasteiger partial charge on any atom is -0.497 e. The van der Waals surface area contributed by atoms with E-state index in [0.29, 0.717) is 0 Å². The SMILES string of the molecule is CC.CC.COc1ccc2cc(CCCc3ccc4cc(OC)ccc4c3)ccc2c1. The summed E-state index contributed by atoms with van der Waals surface area (Å²) in [6.45, 7) is 8.00. The lowest BCUT2D eigenvalue weighted by atomic mass is 9.99. The van der Waals surface area contributed by atoms with Crippen LogP contribution in [0.4, 0.5) is 0 Å². The van der Waals surface area contributed by atoms with E-state index < -0.39 is 0 Å². The quantitative estimate of drug-likeness (QED) is 0.315. The highest BCUT2D eigenvalue weighted by Crippen LogP contribution is 2.24. The molecule has 4 rings (SSSR count). The zero-order valence-corrected chi connectivity index (χ0v) is 19.9. The molecule has 0 aliphatic rings. The van der Waals surface area contributed by atoms with E-state index in [2.05, 4.69) is 60.7 Å². The van der Waals surface area contributed by atoms with Crippen LogP contribution in [-0.4, -0.2) is 14.2 Å². The van der Waals surface area contributed by atoms with E-state index in [4.69, 9.17) is 9.47 Å². The van der Waals surface area contributed by atoms with Crippen LogP contribution in [0, 0.1) is 0 Å². The molecule has 0 heterocycles. The molecule has 2 nitrogen and oxygen atoms in total. The number of hydrogen-bond acceptors (Lipinski definition) is 2. The third-order valence-electron chi connectivity index (χ3n) is 5.15. The van der Waals surface area contributed by atoms with Gasteiger partial charge in [-0.05, 0) is 76.2 Å². The van der Waals surface area contributed by atoms with Gasteiger partial charge in [0.05, 0.1) is 14.2 Å². The first-order valence-corrected chi connectivity index (χ1v) is 11.4. The first-order valence-electron chi connectivity index (χ1n) is 11.4. The van der Waals surface area contributed by atoms with Crippen molar-refractivity contribution in [1.82, 2.24) is 0 Å². The van der Waals surface area contributed by atoms with Gasteiger partial charge < -0.3 is 9.47 Å². The smallest absolute Gasteiger partial charge is 0.119 e. The van der Waals surface area contributed by atoms with Crippen molar-refractivity contribution in [3.8, 4) is 11.5 Å². The molecular weight excluding hydrogens is 380 g/mol. The van der Waals surface area contributed by atoms with Crippen LogP contribution in [0.1, 0.15) is 45.2 Å². The molecule has 0 unspecified atom stereocenters. The maximum atomic E-state index is 5.30. The van der Waals surface area contributed by atoms with E-state index in [9.17, 15) is 0 Å². The Labute approximate surface area is 187 Å². The van der Waals surface area contributed by atoms with Crippen molar-refractivity contribution >= 4 is 21.5 Å².